The summed E-state index contributed by atoms with van der Waals surface area (Å²) in [6, 6.07) is 7.92. The number of aryl methyl sites for hydroxylation is 1. The summed E-state index contributed by atoms with van der Waals surface area (Å²) in [4.78, 5) is 18.0. The summed E-state index contributed by atoms with van der Waals surface area (Å²) < 4.78 is 14.9. The third-order valence-electron chi connectivity index (χ3n) is 4.70. The number of thiazole rings is 1. The molecule has 8 heteroatoms. The number of carbonyl (C=O) groups is 1. The first-order chi connectivity index (χ1) is 13.9. The second kappa shape index (κ2) is 7.88. The summed E-state index contributed by atoms with van der Waals surface area (Å²) in [5.41, 5.74) is 4.32. The summed E-state index contributed by atoms with van der Waals surface area (Å²) in [6.07, 6.45) is 1.74. The summed E-state index contributed by atoms with van der Waals surface area (Å²) >= 11 is 3.00. The predicted molar refractivity (Wildman–Crippen MR) is 114 cm³/mol. The molecule has 1 atom stereocenters. The molecule has 1 aromatic carbocycles. The Morgan fingerprint density at radius 2 is 1.97 bits per heavy atom. The van der Waals surface area contributed by atoms with E-state index in [4.69, 9.17) is 0 Å². The number of aromatic nitrogens is 3. The molecule has 0 radical (unpaired) electrons. The van der Waals surface area contributed by atoms with Crippen LogP contribution in [0.5, 0.6) is 0 Å². The lowest BCUT2D eigenvalue weighted by atomic mass is 10.1. The van der Waals surface area contributed by atoms with Crippen molar-refractivity contribution in [3.63, 3.8) is 0 Å². The first-order valence-corrected chi connectivity index (χ1v) is 10.8. The molecular formula is C21H19FN4OS2. The Morgan fingerprint density at radius 1 is 1.21 bits per heavy atom. The van der Waals surface area contributed by atoms with Gasteiger partial charge < -0.3 is 5.32 Å². The molecule has 4 aromatic rings. The molecule has 0 saturated carbocycles. The van der Waals surface area contributed by atoms with Crippen molar-refractivity contribution in [1.82, 2.24) is 20.1 Å². The van der Waals surface area contributed by atoms with Gasteiger partial charge in [0.05, 0.1) is 23.6 Å². The minimum atomic E-state index is -0.291. The second-order valence-corrected chi connectivity index (χ2v) is 8.49. The highest BCUT2D eigenvalue weighted by molar-refractivity contribution is 7.17. The maximum Gasteiger partial charge on any atom is 0.263 e. The smallest absolute Gasteiger partial charge is 0.263 e. The van der Waals surface area contributed by atoms with E-state index >= 15 is 0 Å². The van der Waals surface area contributed by atoms with Crippen LogP contribution < -0.4 is 5.32 Å². The van der Waals surface area contributed by atoms with Gasteiger partial charge in [0.1, 0.15) is 15.7 Å². The zero-order valence-electron chi connectivity index (χ0n) is 16.1. The monoisotopic (exact) mass is 426 g/mol. The van der Waals surface area contributed by atoms with Gasteiger partial charge in [-0.05, 0) is 56.5 Å². The Labute approximate surface area is 175 Å². The number of nitrogens with one attached hydrogen (secondary N) is 1. The summed E-state index contributed by atoms with van der Waals surface area (Å²) in [5, 5.41) is 12.3. The largest absolute Gasteiger partial charge is 0.345 e. The molecule has 0 bridgehead atoms. The molecule has 0 aliphatic heterocycles. The molecule has 148 valence electrons. The van der Waals surface area contributed by atoms with Gasteiger partial charge in [-0.15, -0.1) is 11.3 Å². The third kappa shape index (κ3) is 3.86. The summed E-state index contributed by atoms with van der Waals surface area (Å²) in [7, 11) is 0. The number of amides is 1. The van der Waals surface area contributed by atoms with E-state index in [9.17, 15) is 9.18 Å². The average molecular weight is 427 g/mol. The van der Waals surface area contributed by atoms with E-state index in [1.54, 1.807) is 34.3 Å². The molecule has 1 amide bonds. The number of carbonyl (C=O) groups excluding carboxylic acids is 1. The van der Waals surface area contributed by atoms with Crippen molar-refractivity contribution in [3.05, 3.63) is 74.9 Å². The van der Waals surface area contributed by atoms with Crippen molar-refractivity contribution in [3.8, 4) is 16.3 Å². The van der Waals surface area contributed by atoms with E-state index in [-0.39, 0.29) is 17.8 Å². The minimum absolute atomic E-state index is 0.150. The van der Waals surface area contributed by atoms with E-state index in [0.717, 1.165) is 33.2 Å². The van der Waals surface area contributed by atoms with Crippen molar-refractivity contribution in [2.75, 3.05) is 0 Å². The Bertz CT molecular complexity index is 1150. The third-order valence-corrected chi connectivity index (χ3v) is 6.59. The van der Waals surface area contributed by atoms with Gasteiger partial charge in [-0.2, -0.15) is 16.4 Å². The van der Waals surface area contributed by atoms with Crippen molar-refractivity contribution in [2.24, 2.45) is 0 Å². The summed E-state index contributed by atoms with van der Waals surface area (Å²) in [6.45, 7) is 5.71. The molecule has 4 rings (SSSR count). The first kappa shape index (κ1) is 19.5. The Kier molecular flexibility index (Phi) is 5.29. The fraction of sp³-hybridized carbons (Fsp3) is 0.190. The van der Waals surface area contributed by atoms with Gasteiger partial charge in [0.25, 0.3) is 5.91 Å². The maximum atomic E-state index is 13.2. The van der Waals surface area contributed by atoms with Gasteiger partial charge in [0.2, 0.25) is 0 Å². The number of nitrogens with zero attached hydrogens (tertiary/aromatic N) is 3. The lowest BCUT2D eigenvalue weighted by Gasteiger charge is -2.14. The van der Waals surface area contributed by atoms with Gasteiger partial charge in [0.15, 0.2) is 0 Å². The highest BCUT2D eigenvalue weighted by Crippen LogP contribution is 2.30. The normalized spacial score (nSPS) is 12.1. The molecule has 5 nitrogen and oxygen atoms in total. The van der Waals surface area contributed by atoms with Crippen molar-refractivity contribution >= 4 is 28.6 Å². The molecule has 0 fully saturated rings. The van der Waals surface area contributed by atoms with E-state index in [1.165, 1.54) is 23.5 Å². The minimum Gasteiger partial charge on any atom is -0.345 e. The average Bonchev–Trinajstić information content (AvgIpc) is 3.42. The number of rotatable bonds is 5. The van der Waals surface area contributed by atoms with Crippen LogP contribution in [0.15, 0.2) is 47.3 Å². The Hall–Kier alpha value is -2.84. The molecule has 0 aliphatic rings. The van der Waals surface area contributed by atoms with E-state index in [2.05, 4.69) is 15.4 Å². The van der Waals surface area contributed by atoms with Crippen LogP contribution in [0.25, 0.3) is 16.3 Å². The van der Waals surface area contributed by atoms with Crippen LogP contribution in [0.2, 0.25) is 0 Å². The zero-order chi connectivity index (χ0) is 20.5. The van der Waals surface area contributed by atoms with Crippen LogP contribution in [-0.2, 0) is 0 Å². The molecule has 0 saturated heterocycles. The van der Waals surface area contributed by atoms with Crippen LogP contribution in [-0.4, -0.2) is 20.7 Å². The van der Waals surface area contributed by atoms with Crippen LogP contribution >= 0.6 is 22.7 Å². The van der Waals surface area contributed by atoms with Crippen molar-refractivity contribution < 1.29 is 9.18 Å². The molecular weight excluding hydrogens is 407 g/mol. The van der Waals surface area contributed by atoms with Crippen LogP contribution in [0.4, 0.5) is 4.39 Å². The van der Waals surface area contributed by atoms with Gasteiger partial charge in [-0.1, -0.05) is 0 Å². The molecule has 0 spiro atoms. The van der Waals surface area contributed by atoms with Gasteiger partial charge in [0, 0.05) is 22.2 Å². The topological polar surface area (TPSA) is 59.8 Å². The number of benzene rings is 1. The Balaban J connectivity index is 1.53. The van der Waals surface area contributed by atoms with Crippen LogP contribution in [0.1, 0.15) is 39.6 Å². The molecule has 0 aliphatic carbocycles. The SMILES string of the molecule is Cc1nc(-c2ccsc2)sc1C(=O)NC(C)c1cnn(-c2ccc(F)cc2)c1C. The standard InChI is InChI=1S/C21H19FN4OS2/c1-12(18-10-23-26(14(18)3)17-6-4-16(22)5-7-17)24-20(27)19-13(2)25-21(29-19)15-8-9-28-11-15/h4-12H,1-3H3,(H,24,27). The van der Waals surface area contributed by atoms with E-state index in [1.807, 2.05) is 37.6 Å². The number of halogens is 1. The number of hydrogen-bond acceptors (Lipinski definition) is 5. The van der Waals surface area contributed by atoms with Crippen molar-refractivity contribution in [2.45, 2.75) is 26.8 Å². The first-order valence-electron chi connectivity index (χ1n) is 9.05. The van der Waals surface area contributed by atoms with Gasteiger partial charge in [-0.25, -0.2) is 14.1 Å². The highest BCUT2D eigenvalue weighted by Gasteiger charge is 2.21. The fourth-order valence-corrected chi connectivity index (χ4v) is 4.83. The van der Waals surface area contributed by atoms with Gasteiger partial charge in [-0.3, -0.25) is 4.79 Å². The molecule has 1 N–H and O–H groups in total. The van der Waals surface area contributed by atoms with Crippen molar-refractivity contribution in [1.29, 1.82) is 0 Å². The molecule has 3 heterocycles. The lowest BCUT2D eigenvalue weighted by molar-refractivity contribution is 0.0943. The maximum absolute atomic E-state index is 13.2. The predicted octanol–water partition coefficient (Wildman–Crippen LogP) is 5.30. The lowest BCUT2D eigenvalue weighted by Crippen LogP contribution is -2.26. The van der Waals surface area contributed by atoms with E-state index in [0.29, 0.717) is 4.88 Å². The highest BCUT2D eigenvalue weighted by atomic mass is 32.1. The molecule has 1 unspecified atom stereocenters. The Morgan fingerprint density at radius 3 is 2.66 bits per heavy atom. The second-order valence-electron chi connectivity index (χ2n) is 6.71. The van der Waals surface area contributed by atoms with Crippen LogP contribution in [0.3, 0.4) is 0 Å². The quantitative estimate of drug-likeness (QED) is 0.471. The van der Waals surface area contributed by atoms with Crippen LogP contribution in [0, 0.1) is 19.7 Å². The summed E-state index contributed by atoms with van der Waals surface area (Å²) in [5.74, 6) is -0.441. The fourth-order valence-electron chi connectivity index (χ4n) is 3.15. The zero-order valence-corrected chi connectivity index (χ0v) is 17.8. The number of thiophene rings is 1. The molecule has 29 heavy (non-hydrogen) atoms. The molecule has 3 aromatic heterocycles. The van der Waals surface area contributed by atoms with Gasteiger partial charge >= 0.3 is 0 Å². The number of hydrogen-bond donors (Lipinski definition) is 1. The van der Waals surface area contributed by atoms with E-state index < -0.39 is 0 Å².